The van der Waals surface area contributed by atoms with Gasteiger partial charge in [-0.3, -0.25) is 9.59 Å². The number of hydrogen-bond donors (Lipinski definition) is 2. The number of hydrogen-bond acceptors (Lipinski definition) is 5. The largest absolute Gasteiger partial charge is 0.383 e. The fourth-order valence-corrected chi connectivity index (χ4v) is 1.46. The summed E-state index contributed by atoms with van der Waals surface area (Å²) < 4.78 is 4.96. The van der Waals surface area contributed by atoms with Crippen molar-refractivity contribution in [1.29, 1.82) is 0 Å². The minimum atomic E-state index is -0.213. The van der Waals surface area contributed by atoms with Crippen LogP contribution in [0.1, 0.15) is 12.8 Å². The fraction of sp³-hybridized carbons (Fsp3) is 0.727. The lowest BCUT2D eigenvalue weighted by Gasteiger charge is -2.17. The number of nitrogens with one attached hydrogen (secondary N) is 2. The first-order valence-electron chi connectivity index (χ1n) is 5.94. The summed E-state index contributed by atoms with van der Waals surface area (Å²) in [6, 6.07) is 0. The molecule has 2 N–H and O–H groups in total. The fourth-order valence-electron chi connectivity index (χ4n) is 1.46. The standard InChI is InChI=1S/C11H20N4O3/c1-15(7-8-18-2)6-5-12-11(17)9-3-4-10(16)14-13-9/h3-8H2,1-2H3,(H,12,17)(H,14,16). The van der Waals surface area contributed by atoms with E-state index < -0.39 is 0 Å². The maximum Gasteiger partial charge on any atom is 0.267 e. The van der Waals surface area contributed by atoms with Gasteiger partial charge in [-0.25, -0.2) is 5.43 Å². The van der Waals surface area contributed by atoms with Crippen LogP contribution in [0.2, 0.25) is 0 Å². The van der Waals surface area contributed by atoms with Gasteiger partial charge < -0.3 is 15.0 Å². The molecule has 0 bridgehead atoms. The Labute approximate surface area is 107 Å². The van der Waals surface area contributed by atoms with Crippen molar-refractivity contribution in [2.75, 3.05) is 40.4 Å². The highest BCUT2D eigenvalue weighted by Gasteiger charge is 2.17. The number of hydrazone groups is 1. The van der Waals surface area contributed by atoms with E-state index in [9.17, 15) is 9.59 Å². The van der Waals surface area contributed by atoms with Crippen LogP contribution >= 0.6 is 0 Å². The van der Waals surface area contributed by atoms with E-state index in [-0.39, 0.29) is 11.8 Å². The van der Waals surface area contributed by atoms with Crippen LogP contribution in [0.25, 0.3) is 0 Å². The molecule has 0 aliphatic carbocycles. The molecule has 1 aliphatic heterocycles. The highest BCUT2D eigenvalue weighted by molar-refractivity contribution is 6.39. The second kappa shape index (κ2) is 7.78. The third-order valence-electron chi connectivity index (χ3n) is 2.62. The Morgan fingerprint density at radius 1 is 1.50 bits per heavy atom. The molecule has 0 atom stereocenters. The summed E-state index contributed by atoms with van der Waals surface area (Å²) in [5.74, 6) is -0.360. The third kappa shape index (κ3) is 5.24. The maximum atomic E-state index is 11.7. The molecule has 0 radical (unpaired) electrons. The smallest absolute Gasteiger partial charge is 0.267 e. The Balaban J connectivity index is 2.19. The normalized spacial score (nSPS) is 15.3. The first kappa shape index (κ1) is 14.6. The monoisotopic (exact) mass is 256 g/mol. The second-order valence-corrected chi connectivity index (χ2v) is 4.15. The lowest BCUT2D eigenvalue weighted by atomic mass is 10.1. The van der Waals surface area contributed by atoms with Crippen LogP contribution in [-0.2, 0) is 14.3 Å². The van der Waals surface area contributed by atoms with Gasteiger partial charge in [-0.05, 0) is 7.05 Å². The minimum Gasteiger partial charge on any atom is -0.383 e. The molecule has 102 valence electrons. The van der Waals surface area contributed by atoms with E-state index in [4.69, 9.17) is 4.74 Å². The van der Waals surface area contributed by atoms with E-state index in [1.165, 1.54) is 0 Å². The summed E-state index contributed by atoms with van der Waals surface area (Å²) in [4.78, 5) is 24.6. The molecule has 0 spiro atoms. The zero-order valence-electron chi connectivity index (χ0n) is 10.9. The topological polar surface area (TPSA) is 83.0 Å². The van der Waals surface area contributed by atoms with Crippen molar-refractivity contribution in [3.8, 4) is 0 Å². The SMILES string of the molecule is COCCN(C)CCNC(=O)C1=NNC(=O)CC1. The number of nitrogens with zero attached hydrogens (tertiary/aromatic N) is 2. The van der Waals surface area contributed by atoms with Crippen molar-refractivity contribution < 1.29 is 14.3 Å². The van der Waals surface area contributed by atoms with Crippen LogP contribution in [0.5, 0.6) is 0 Å². The Morgan fingerprint density at radius 2 is 2.28 bits per heavy atom. The molecule has 0 aromatic heterocycles. The number of amides is 2. The van der Waals surface area contributed by atoms with Gasteiger partial charge >= 0.3 is 0 Å². The molecule has 1 rings (SSSR count). The third-order valence-corrected chi connectivity index (χ3v) is 2.62. The lowest BCUT2D eigenvalue weighted by molar-refractivity contribution is -0.121. The molecule has 18 heavy (non-hydrogen) atoms. The molecule has 1 heterocycles. The van der Waals surface area contributed by atoms with Gasteiger partial charge in [-0.2, -0.15) is 5.10 Å². The summed E-state index contributed by atoms with van der Waals surface area (Å²) in [7, 11) is 3.62. The van der Waals surface area contributed by atoms with E-state index in [0.717, 1.165) is 13.1 Å². The summed E-state index contributed by atoms with van der Waals surface area (Å²) in [6.45, 7) is 2.79. The van der Waals surface area contributed by atoms with E-state index in [2.05, 4.69) is 20.7 Å². The summed E-state index contributed by atoms with van der Waals surface area (Å²) >= 11 is 0. The summed E-state index contributed by atoms with van der Waals surface area (Å²) in [6.07, 6.45) is 0.719. The van der Waals surface area contributed by atoms with Gasteiger partial charge in [0.15, 0.2) is 0 Å². The zero-order valence-corrected chi connectivity index (χ0v) is 10.9. The van der Waals surface area contributed by atoms with Gasteiger partial charge in [0.1, 0.15) is 5.71 Å². The highest BCUT2D eigenvalue weighted by Crippen LogP contribution is 1.99. The first-order chi connectivity index (χ1) is 8.63. The molecule has 0 saturated heterocycles. The van der Waals surface area contributed by atoms with Crippen LogP contribution in [0.15, 0.2) is 5.10 Å². The summed E-state index contributed by atoms with van der Waals surface area (Å²) in [5, 5.41) is 6.50. The average molecular weight is 256 g/mol. The molecule has 0 aromatic rings. The quantitative estimate of drug-likeness (QED) is 0.608. The average Bonchev–Trinajstić information content (AvgIpc) is 2.37. The molecule has 7 nitrogen and oxygen atoms in total. The van der Waals surface area contributed by atoms with E-state index in [1.54, 1.807) is 7.11 Å². The number of carbonyl (C=O) groups excluding carboxylic acids is 2. The van der Waals surface area contributed by atoms with Gasteiger partial charge in [0.25, 0.3) is 5.91 Å². The highest BCUT2D eigenvalue weighted by atomic mass is 16.5. The maximum absolute atomic E-state index is 11.7. The Morgan fingerprint density at radius 3 is 2.89 bits per heavy atom. The molecule has 1 aliphatic rings. The van der Waals surface area contributed by atoms with E-state index in [1.807, 2.05) is 7.05 Å². The first-order valence-corrected chi connectivity index (χ1v) is 5.94. The minimum absolute atomic E-state index is 0.147. The Bertz CT molecular complexity index is 330. The van der Waals surface area contributed by atoms with Gasteiger partial charge in [0.2, 0.25) is 5.91 Å². The van der Waals surface area contributed by atoms with Crippen LogP contribution in [0.3, 0.4) is 0 Å². The molecule has 0 fully saturated rings. The molecular weight excluding hydrogens is 236 g/mol. The van der Waals surface area contributed by atoms with Gasteiger partial charge in [-0.15, -0.1) is 0 Å². The van der Waals surface area contributed by atoms with Crippen LogP contribution in [0, 0.1) is 0 Å². The van der Waals surface area contributed by atoms with Gasteiger partial charge in [0, 0.05) is 39.6 Å². The molecule has 0 aromatic carbocycles. The van der Waals surface area contributed by atoms with Crippen LogP contribution in [0.4, 0.5) is 0 Å². The predicted octanol–water partition coefficient (Wildman–Crippen LogP) is -1.05. The molecule has 7 heteroatoms. The number of ether oxygens (including phenoxy) is 1. The van der Waals surface area contributed by atoms with E-state index in [0.29, 0.717) is 31.7 Å². The predicted molar refractivity (Wildman–Crippen MR) is 67.2 cm³/mol. The van der Waals surface area contributed by atoms with Crippen molar-refractivity contribution in [1.82, 2.24) is 15.6 Å². The number of methoxy groups -OCH3 is 1. The Kier molecular flexibility index (Phi) is 6.31. The van der Waals surface area contributed by atoms with Gasteiger partial charge in [-0.1, -0.05) is 0 Å². The van der Waals surface area contributed by atoms with Crippen molar-refractivity contribution in [3.05, 3.63) is 0 Å². The second-order valence-electron chi connectivity index (χ2n) is 4.15. The molecule has 0 unspecified atom stereocenters. The number of rotatable bonds is 7. The Hall–Kier alpha value is -1.47. The molecule has 2 amide bonds. The molecular formula is C11H20N4O3. The number of likely N-dealkylation sites (N-methyl/N-ethyl adjacent to an activating group) is 1. The number of carbonyl (C=O) groups is 2. The molecule has 0 saturated carbocycles. The van der Waals surface area contributed by atoms with Crippen molar-refractivity contribution in [2.24, 2.45) is 5.10 Å². The van der Waals surface area contributed by atoms with Crippen molar-refractivity contribution >= 4 is 17.5 Å². The van der Waals surface area contributed by atoms with Crippen molar-refractivity contribution in [2.45, 2.75) is 12.8 Å². The van der Waals surface area contributed by atoms with Gasteiger partial charge in [0.05, 0.1) is 6.61 Å². The van der Waals surface area contributed by atoms with Crippen LogP contribution in [-0.4, -0.2) is 62.8 Å². The lowest BCUT2D eigenvalue weighted by Crippen LogP contribution is -2.40. The van der Waals surface area contributed by atoms with Crippen LogP contribution < -0.4 is 10.7 Å². The van der Waals surface area contributed by atoms with E-state index >= 15 is 0 Å². The zero-order chi connectivity index (χ0) is 13.4. The summed E-state index contributed by atoms with van der Waals surface area (Å²) in [5.41, 5.74) is 2.68. The van der Waals surface area contributed by atoms with Crippen molar-refractivity contribution in [3.63, 3.8) is 0 Å².